The Labute approximate surface area is 177 Å². The first-order chi connectivity index (χ1) is 14.6. The predicted octanol–water partition coefficient (Wildman–Crippen LogP) is 3.59. The van der Waals surface area contributed by atoms with Crippen molar-refractivity contribution in [2.75, 3.05) is 12.4 Å². The number of nitrogens with zero attached hydrogens (tertiary/aromatic N) is 4. The molecule has 0 aromatic carbocycles. The maximum atomic E-state index is 12.9. The highest BCUT2D eigenvalue weighted by molar-refractivity contribution is 7.17. The number of carbonyl (C=O) groups is 1. The van der Waals surface area contributed by atoms with E-state index in [-0.39, 0.29) is 11.9 Å². The van der Waals surface area contributed by atoms with Crippen molar-refractivity contribution >= 4 is 33.4 Å². The Bertz CT molecular complexity index is 1160. The Kier molecular flexibility index (Phi) is 5.80. The van der Waals surface area contributed by atoms with E-state index >= 15 is 0 Å². The van der Waals surface area contributed by atoms with Crippen molar-refractivity contribution in [3.63, 3.8) is 0 Å². The van der Waals surface area contributed by atoms with Crippen molar-refractivity contribution in [2.24, 2.45) is 0 Å². The number of nitrogens with one attached hydrogen (secondary N) is 2. The van der Waals surface area contributed by atoms with Crippen LogP contribution in [-0.4, -0.2) is 33.0 Å². The van der Waals surface area contributed by atoms with Gasteiger partial charge in [-0.15, -0.1) is 11.3 Å². The molecule has 4 rings (SSSR count). The van der Waals surface area contributed by atoms with E-state index in [4.69, 9.17) is 4.74 Å². The van der Waals surface area contributed by atoms with Gasteiger partial charge in [-0.3, -0.25) is 14.8 Å². The number of methoxy groups -OCH3 is 1. The molecule has 0 aliphatic rings. The van der Waals surface area contributed by atoms with Gasteiger partial charge < -0.3 is 15.4 Å². The second-order valence-electron chi connectivity index (χ2n) is 6.57. The summed E-state index contributed by atoms with van der Waals surface area (Å²) in [5, 5.41) is 8.04. The topological polar surface area (TPSA) is 102 Å². The van der Waals surface area contributed by atoms with Gasteiger partial charge in [0.05, 0.1) is 35.3 Å². The van der Waals surface area contributed by atoms with Gasteiger partial charge in [0.1, 0.15) is 5.75 Å². The number of rotatable bonds is 7. The minimum atomic E-state index is -0.277. The fraction of sp³-hybridized carbons (Fsp3) is 0.190. The van der Waals surface area contributed by atoms with Crippen LogP contribution in [0, 0.1) is 0 Å². The minimum Gasteiger partial charge on any atom is -0.495 e. The third-order valence-electron chi connectivity index (χ3n) is 4.45. The zero-order valence-electron chi connectivity index (χ0n) is 16.5. The van der Waals surface area contributed by atoms with Crippen LogP contribution in [-0.2, 0) is 6.54 Å². The SMILES string of the molecule is COc1cncc(CNC(=O)c2nc(N[C@@H](C)c3ccccn3)nc3ccsc23)c1. The number of hydrogen-bond donors (Lipinski definition) is 2. The largest absolute Gasteiger partial charge is 0.495 e. The highest BCUT2D eigenvalue weighted by Crippen LogP contribution is 2.25. The molecule has 0 radical (unpaired) electrons. The monoisotopic (exact) mass is 420 g/mol. The van der Waals surface area contributed by atoms with E-state index in [2.05, 4.69) is 30.6 Å². The van der Waals surface area contributed by atoms with Gasteiger partial charge >= 0.3 is 0 Å². The molecule has 0 saturated carbocycles. The lowest BCUT2D eigenvalue weighted by Gasteiger charge is -2.14. The molecule has 1 atom stereocenters. The van der Waals surface area contributed by atoms with E-state index < -0.39 is 0 Å². The summed E-state index contributed by atoms with van der Waals surface area (Å²) in [5.41, 5.74) is 2.75. The summed E-state index contributed by atoms with van der Waals surface area (Å²) in [6, 6.07) is 9.31. The summed E-state index contributed by atoms with van der Waals surface area (Å²) in [5.74, 6) is 0.743. The highest BCUT2D eigenvalue weighted by Gasteiger charge is 2.17. The Morgan fingerprint density at radius 2 is 2.13 bits per heavy atom. The number of fused-ring (bicyclic) bond motifs is 1. The summed E-state index contributed by atoms with van der Waals surface area (Å²) >= 11 is 1.44. The number of thiophene rings is 1. The molecule has 0 aliphatic heterocycles. The number of amides is 1. The van der Waals surface area contributed by atoms with Gasteiger partial charge in [-0.05, 0) is 42.1 Å². The average Bonchev–Trinajstić information content (AvgIpc) is 3.26. The predicted molar refractivity (Wildman–Crippen MR) is 116 cm³/mol. The van der Waals surface area contributed by atoms with Gasteiger partial charge in [0.2, 0.25) is 5.95 Å². The first kappa shape index (κ1) is 19.7. The number of anilines is 1. The first-order valence-electron chi connectivity index (χ1n) is 9.33. The van der Waals surface area contributed by atoms with Crippen molar-refractivity contribution in [3.8, 4) is 5.75 Å². The molecule has 1 amide bonds. The molecular weight excluding hydrogens is 400 g/mol. The van der Waals surface area contributed by atoms with Gasteiger partial charge in [0.25, 0.3) is 5.91 Å². The average molecular weight is 420 g/mol. The lowest BCUT2D eigenvalue weighted by atomic mass is 10.2. The molecule has 2 N–H and O–H groups in total. The fourth-order valence-corrected chi connectivity index (χ4v) is 3.74. The molecule has 0 spiro atoms. The first-order valence-corrected chi connectivity index (χ1v) is 10.2. The maximum Gasteiger partial charge on any atom is 0.271 e. The molecule has 9 heteroatoms. The summed E-state index contributed by atoms with van der Waals surface area (Å²) in [6.07, 6.45) is 5.04. The molecule has 0 saturated heterocycles. The van der Waals surface area contributed by atoms with Crippen molar-refractivity contribution in [1.29, 1.82) is 0 Å². The van der Waals surface area contributed by atoms with Crippen molar-refractivity contribution in [1.82, 2.24) is 25.3 Å². The van der Waals surface area contributed by atoms with Gasteiger partial charge in [-0.25, -0.2) is 9.97 Å². The Hall–Kier alpha value is -3.59. The van der Waals surface area contributed by atoms with Gasteiger partial charge in [0.15, 0.2) is 5.69 Å². The normalized spacial score (nSPS) is 11.8. The number of hydrogen-bond acceptors (Lipinski definition) is 8. The van der Waals surface area contributed by atoms with Crippen LogP contribution in [0.4, 0.5) is 5.95 Å². The van der Waals surface area contributed by atoms with Crippen LogP contribution in [0.1, 0.15) is 34.7 Å². The summed E-state index contributed by atoms with van der Waals surface area (Å²) in [7, 11) is 1.58. The molecular formula is C21H20N6O2S. The second kappa shape index (κ2) is 8.83. The standard InChI is InChI=1S/C21H20N6O2S/c1-13(16-5-3-4-7-23-16)25-21-26-17-6-8-30-19(17)18(27-21)20(28)24-11-14-9-15(29-2)12-22-10-14/h3-10,12-13H,11H2,1-2H3,(H,24,28)(H,25,26,27)/t13-/m0/s1. The third-order valence-corrected chi connectivity index (χ3v) is 5.36. The quantitative estimate of drug-likeness (QED) is 0.471. The lowest BCUT2D eigenvalue weighted by Crippen LogP contribution is -2.25. The van der Waals surface area contributed by atoms with Crippen LogP contribution in [0.25, 0.3) is 10.2 Å². The van der Waals surface area contributed by atoms with Crippen LogP contribution in [0.5, 0.6) is 5.75 Å². The summed E-state index contributed by atoms with van der Waals surface area (Å²) < 4.78 is 5.92. The maximum absolute atomic E-state index is 12.9. The highest BCUT2D eigenvalue weighted by atomic mass is 32.1. The van der Waals surface area contributed by atoms with Gasteiger partial charge in [-0.1, -0.05) is 6.07 Å². The molecule has 152 valence electrons. The smallest absolute Gasteiger partial charge is 0.271 e. The lowest BCUT2D eigenvalue weighted by molar-refractivity contribution is 0.0948. The van der Waals surface area contributed by atoms with Gasteiger partial charge in [-0.2, -0.15) is 0 Å². The fourth-order valence-electron chi connectivity index (χ4n) is 2.92. The van der Waals surface area contributed by atoms with Gasteiger partial charge in [0, 0.05) is 18.9 Å². The number of carbonyl (C=O) groups excluding carboxylic acids is 1. The van der Waals surface area contributed by atoms with E-state index in [9.17, 15) is 4.79 Å². The third kappa shape index (κ3) is 4.36. The van der Waals surface area contributed by atoms with Crippen LogP contribution in [0.2, 0.25) is 0 Å². The minimum absolute atomic E-state index is 0.110. The zero-order chi connectivity index (χ0) is 20.9. The molecule has 4 aromatic heterocycles. The molecule has 4 heterocycles. The summed E-state index contributed by atoms with van der Waals surface area (Å²) in [6.45, 7) is 2.28. The van der Waals surface area contributed by atoms with Crippen molar-refractivity contribution in [3.05, 3.63) is 71.3 Å². The van der Waals surface area contributed by atoms with E-state index in [1.807, 2.05) is 42.6 Å². The Balaban J connectivity index is 1.55. The molecule has 4 aromatic rings. The molecule has 0 aliphatic carbocycles. The van der Waals surface area contributed by atoms with E-state index in [1.165, 1.54) is 11.3 Å². The van der Waals surface area contributed by atoms with Crippen LogP contribution in [0.3, 0.4) is 0 Å². The molecule has 8 nitrogen and oxygen atoms in total. The Morgan fingerprint density at radius 1 is 1.23 bits per heavy atom. The molecule has 30 heavy (non-hydrogen) atoms. The van der Waals surface area contributed by atoms with Crippen LogP contribution < -0.4 is 15.4 Å². The molecule has 0 bridgehead atoms. The van der Waals surface area contributed by atoms with Crippen LogP contribution in [0.15, 0.2) is 54.3 Å². The van der Waals surface area contributed by atoms with Crippen LogP contribution >= 0.6 is 11.3 Å². The van der Waals surface area contributed by atoms with Crippen molar-refractivity contribution in [2.45, 2.75) is 19.5 Å². The number of pyridine rings is 2. The Morgan fingerprint density at radius 3 is 2.93 bits per heavy atom. The van der Waals surface area contributed by atoms with E-state index in [1.54, 1.807) is 25.7 Å². The second-order valence-corrected chi connectivity index (χ2v) is 7.48. The van der Waals surface area contributed by atoms with Crippen molar-refractivity contribution < 1.29 is 9.53 Å². The summed E-state index contributed by atoms with van der Waals surface area (Å²) in [4.78, 5) is 30.4. The number of ether oxygens (including phenoxy) is 1. The number of aromatic nitrogens is 4. The van der Waals surface area contributed by atoms with E-state index in [0.29, 0.717) is 23.9 Å². The molecule has 0 fully saturated rings. The molecule has 0 unspecified atom stereocenters. The van der Waals surface area contributed by atoms with E-state index in [0.717, 1.165) is 21.5 Å². The zero-order valence-corrected chi connectivity index (χ0v) is 17.3.